The summed E-state index contributed by atoms with van der Waals surface area (Å²) in [6.07, 6.45) is 1.72. The minimum atomic E-state index is -0.236. The van der Waals surface area contributed by atoms with Crippen LogP contribution in [0.15, 0.2) is 53.5 Å². The van der Waals surface area contributed by atoms with Gasteiger partial charge >= 0.3 is 0 Å². The Morgan fingerprint density at radius 2 is 1.65 bits per heavy atom. The normalized spacial score (nSPS) is 10.7. The number of benzene rings is 2. The van der Waals surface area contributed by atoms with Crippen molar-refractivity contribution in [1.29, 1.82) is 0 Å². The average molecular weight is 227 g/mol. The number of halogens is 1. The van der Waals surface area contributed by atoms with Gasteiger partial charge in [0.25, 0.3) is 0 Å². The van der Waals surface area contributed by atoms with E-state index in [4.69, 9.17) is 0 Å². The first-order valence-corrected chi connectivity index (χ1v) is 5.35. The third-order valence-corrected chi connectivity index (χ3v) is 2.39. The predicted molar refractivity (Wildman–Crippen MR) is 69.6 cm³/mol. The number of anilines is 1. The SMILES string of the molecule is CNc1ccc(N=Cc2ccc([18F])cc2)cc1. The molecule has 0 spiro atoms. The molecule has 0 unspecified atom stereocenters. The second-order valence-electron chi connectivity index (χ2n) is 3.61. The Balaban J connectivity index is 2.11. The molecule has 0 radical (unpaired) electrons. The van der Waals surface area contributed by atoms with Crippen LogP contribution in [0, 0.1) is 5.82 Å². The molecule has 2 aromatic rings. The van der Waals surface area contributed by atoms with Crippen LogP contribution in [0.4, 0.5) is 15.8 Å². The van der Waals surface area contributed by atoms with Gasteiger partial charge in [0.15, 0.2) is 0 Å². The van der Waals surface area contributed by atoms with Crippen LogP contribution < -0.4 is 5.32 Å². The summed E-state index contributed by atoms with van der Waals surface area (Å²) in [5.74, 6) is -0.236. The molecule has 2 aromatic carbocycles. The molecule has 2 rings (SSSR count). The summed E-state index contributed by atoms with van der Waals surface area (Å²) in [6.45, 7) is 0. The molecular weight excluding hydrogens is 214 g/mol. The van der Waals surface area contributed by atoms with Gasteiger partial charge in [0, 0.05) is 18.9 Å². The van der Waals surface area contributed by atoms with E-state index in [1.54, 1.807) is 18.3 Å². The molecule has 0 amide bonds. The van der Waals surface area contributed by atoms with Crippen LogP contribution in [0.1, 0.15) is 5.56 Å². The van der Waals surface area contributed by atoms with E-state index in [1.165, 1.54) is 12.1 Å². The first-order chi connectivity index (χ1) is 8.28. The number of nitrogens with one attached hydrogen (secondary N) is 1. The maximum atomic E-state index is 12.7. The van der Waals surface area contributed by atoms with Gasteiger partial charge in [-0.1, -0.05) is 12.1 Å². The van der Waals surface area contributed by atoms with Crippen LogP contribution in [0.25, 0.3) is 0 Å². The summed E-state index contributed by atoms with van der Waals surface area (Å²) in [7, 11) is 1.87. The molecule has 0 aliphatic heterocycles. The molecular formula is C14H13FN2. The highest BCUT2D eigenvalue weighted by Crippen LogP contribution is 2.15. The second-order valence-corrected chi connectivity index (χ2v) is 3.61. The highest BCUT2D eigenvalue weighted by Gasteiger charge is 1.91. The standard InChI is InChI=1S/C14H13FN2/c1-16-13-6-8-14(9-7-13)17-10-11-2-4-12(15)5-3-11/h2-10,16H,1H3/i15-1. The summed E-state index contributed by atoms with van der Waals surface area (Å²) >= 11 is 0. The van der Waals surface area contributed by atoms with Gasteiger partial charge in [0.1, 0.15) is 5.82 Å². The number of hydrogen-bond donors (Lipinski definition) is 1. The monoisotopic (exact) mass is 227 g/mol. The molecule has 86 valence electrons. The van der Waals surface area contributed by atoms with Crippen molar-refractivity contribution in [2.75, 3.05) is 12.4 Å². The molecule has 0 aromatic heterocycles. The number of aliphatic imine (C=N–C) groups is 1. The van der Waals surface area contributed by atoms with Gasteiger partial charge in [-0.25, -0.2) is 4.39 Å². The van der Waals surface area contributed by atoms with E-state index in [9.17, 15) is 4.39 Å². The van der Waals surface area contributed by atoms with Crippen molar-refractivity contribution in [3.63, 3.8) is 0 Å². The summed E-state index contributed by atoms with van der Waals surface area (Å²) < 4.78 is 12.7. The molecule has 1 N–H and O–H groups in total. The highest BCUT2D eigenvalue weighted by atomic mass is 18.2. The lowest BCUT2D eigenvalue weighted by Gasteiger charge is -1.99. The lowest BCUT2D eigenvalue weighted by Crippen LogP contribution is -1.85. The Morgan fingerprint density at radius 3 is 2.24 bits per heavy atom. The van der Waals surface area contributed by atoms with E-state index < -0.39 is 0 Å². The highest BCUT2D eigenvalue weighted by molar-refractivity contribution is 5.81. The fourth-order valence-corrected chi connectivity index (χ4v) is 1.41. The first kappa shape index (κ1) is 11.3. The largest absolute Gasteiger partial charge is 0.388 e. The Kier molecular flexibility index (Phi) is 3.50. The van der Waals surface area contributed by atoms with E-state index in [0.717, 1.165) is 16.9 Å². The molecule has 0 aliphatic rings. The minimum absolute atomic E-state index is 0.236. The van der Waals surface area contributed by atoms with Crippen molar-refractivity contribution < 1.29 is 4.39 Å². The van der Waals surface area contributed by atoms with E-state index in [2.05, 4.69) is 10.3 Å². The number of hydrogen-bond acceptors (Lipinski definition) is 2. The van der Waals surface area contributed by atoms with Crippen LogP contribution in [-0.2, 0) is 0 Å². The molecule has 3 heteroatoms. The van der Waals surface area contributed by atoms with Crippen LogP contribution in [-0.4, -0.2) is 13.3 Å². The third-order valence-electron chi connectivity index (χ3n) is 2.39. The van der Waals surface area contributed by atoms with Crippen molar-refractivity contribution in [1.82, 2.24) is 0 Å². The molecule has 0 bridgehead atoms. The van der Waals surface area contributed by atoms with Crippen molar-refractivity contribution in [3.8, 4) is 0 Å². The first-order valence-electron chi connectivity index (χ1n) is 5.35. The zero-order valence-corrected chi connectivity index (χ0v) is 9.52. The van der Waals surface area contributed by atoms with Crippen LogP contribution in [0.2, 0.25) is 0 Å². The maximum absolute atomic E-state index is 12.7. The zero-order chi connectivity index (χ0) is 12.1. The van der Waals surface area contributed by atoms with Crippen molar-refractivity contribution in [3.05, 3.63) is 59.9 Å². The van der Waals surface area contributed by atoms with Gasteiger partial charge in [-0.05, 0) is 42.0 Å². The molecule has 0 atom stereocenters. The second kappa shape index (κ2) is 5.25. The fourth-order valence-electron chi connectivity index (χ4n) is 1.41. The Morgan fingerprint density at radius 1 is 1.00 bits per heavy atom. The lowest BCUT2D eigenvalue weighted by atomic mass is 10.2. The van der Waals surface area contributed by atoms with E-state index >= 15 is 0 Å². The average Bonchev–Trinajstić information content (AvgIpc) is 2.39. The quantitative estimate of drug-likeness (QED) is 0.796. The molecule has 0 saturated heterocycles. The maximum Gasteiger partial charge on any atom is 0.123 e. The Hall–Kier alpha value is -2.16. The van der Waals surface area contributed by atoms with Gasteiger partial charge in [-0.3, -0.25) is 4.99 Å². The number of rotatable bonds is 3. The zero-order valence-electron chi connectivity index (χ0n) is 9.52. The van der Waals surface area contributed by atoms with E-state index in [-0.39, 0.29) is 5.82 Å². The molecule has 2 nitrogen and oxygen atoms in total. The van der Waals surface area contributed by atoms with Crippen LogP contribution >= 0.6 is 0 Å². The Labute approximate surface area is 99.8 Å². The van der Waals surface area contributed by atoms with Crippen molar-refractivity contribution >= 4 is 17.6 Å². The third kappa shape index (κ3) is 3.14. The van der Waals surface area contributed by atoms with Crippen LogP contribution in [0.5, 0.6) is 0 Å². The van der Waals surface area contributed by atoms with Gasteiger partial charge in [0.2, 0.25) is 0 Å². The predicted octanol–water partition coefficient (Wildman–Crippen LogP) is 3.62. The molecule has 17 heavy (non-hydrogen) atoms. The topological polar surface area (TPSA) is 24.4 Å². The van der Waals surface area contributed by atoms with Crippen LogP contribution in [0.3, 0.4) is 0 Å². The molecule has 0 fully saturated rings. The summed E-state index contributed by atoms with van der Waals surface area (Å²) in [5, 5.41) is 3.04. The molecule has 0 saturated carbocycles. The smallest absolute Gasteiger partial charge is 0.123 e. The molecule has 0 aliphatic carbocycles. The van der Waals surface area contributed by atoms with Gasteiger partial charge < -0.3 is 5.32 Å². The van der Waals surface area contributed by atoms with Crippen molar-refractivity contribution in [2.45, 2.75) is 0 Å². The fraction of sp³-hybridized carbons (Fsp3) is 0.0714. The summed E-state index contributed by atoms with van der Waals surface area (Å²) in [5.41, 5.74) is 2.79. The molecule has 0 heterocycles. The summed E-state index contributed by atoms with van der Waals surface area (Å²) in [4.78, 5) is 4.31. The van der Waals surface area contributed by atoms with Gasteiger partial charge in [-0.2, -0.15) is 0 Å². The lowest BCUT2D eigenvalue weighted by molar-refractivity contribution is 0.628. The minimum Gasteiger partial charge on any atom is -0.388 e. The van der Waals surface area contributed by atoms with E-state index in [1.807, 2.05) is 31.3 Å². The van der Waals surface area contributed by atoms with E-state index in [0.29, 0.717) is 0 Å². The van der Waals surface area contributed by atoms with Gasteiger partial charge in [-0.15, -0.1) is 0 Å². The Bertz CT molecular complexity index is 501. The summed E-state index contributed by atoms with van der Waals surface area (Å²) in [6, 6.07) is 14.0. The van der Waals surface area contributed by atoms with Crippen molar-refractivity contribution in [2.24, 2.45) is 4.99 Å². The van der Waals surface area contributed by atoms with Gasteiger partial charge in [0.05, 0.1) is 5.69 Å². The number of nitrogens with zero attached hydrogens (tertiary/aromatic N) is 1.